The van der Waals surface area contributed by atoms with E-state index < -0.39 is 42.3 Å². The molecule has 0 saturated carbocycles. The van der Waals surface area contributed by atoms with Crippen LogP contribution in [0.15, 0.2) is 168 Å². The molecule has 0 aliphatic heterocycles. The lowest BCUT2D eigenvalue weighted by Crippen LogP contribution is -2.00. The van der Waals surface area contributed by atoms with Crippen molar-refractivity contribution in [1.29, 1.82) is 0 Å². The molecular formula is C43H27N3O. The summed E-state index contributed by atoms with van der Waals surface area (Å²) < 4.78 is 75.0. The second-order valence-corrected chi connectivity index (χ2v) is 11.0. The molecule has 0 N–H and O–H groups in total. The Balaban J connectivity index is 1.25. The van der Waals surface area contributed by atoms with Crippen LogP contribution in [-0.4, -0.2) is 15.0 Å². The van der Waals surface area contributed by atoms with Crippen LogP contribution in [0.25, 0.3) is 89.1 Å². The number of para-hydroxylation sites is 1. The molecule has 4 heteroatoms. The van der Waals surface area contributed by atoms with E-state index in [-0.39, 0.29) is 33.8 Å². The summed E-state index contributed by atoms with van der Waals surface area (Å²) in [5, 5.41) is 0.934. The van der Waals surface area contributed by atoms with Crippen molar-refractivity contribution >= 4 is 32.7 Å². The van der Waals surface area contributed by atoms with E-state index in [4.69, 9.17) is 29.0 Å². The first-order valence-corrected chi connectivity index (χ1v) is 15.0. The number of rotatable bonds is 5. The Kier molecular flexibility index (Phi) is 4.74. The number of fused-ring (bicyclic) bond motifs is 4. The smallest absolute Gasteiger partial charge is 0.164 e. The minimum Gasteiger partial charge on any atom is -0.456 e. The maximum Gasteiger partial charge on any atom is 0.164 e. The highest BCUT2D eigenvalue weighted by Gasteiger charge is 2.18. The van der Waals surface area contributed by atoms with Crippen LogP contribution in [0, 0.1) is 0 Å². The number of nitrogens with zero attached hydrogens (tertiary/aromatic N) is 3. The van der Waals surface area contributed by atoms with Gasteiger partial charge in [-0.25, -0.2) is 15.0 Å². The zero-order chi connectivity index (χ0) is 38.1. The quantitative estimate of drug-likeness (QED) is 0.195. The first-order chi connectivity index (χ1) is 26.6. The van der Waals surface area contributed by atoms with Crippen LogP contribution in [0.4, 0.5) is 0 Å². The molecule has 0 bridgehead atoms. The fourth-order valence-corrected chi connectivity index (χ4v) is 5.83. The molecule has 4 nitrogen and oxygen atoms in total. The molecule has 47 heavy (non-hydrogen) atoms. The molecule has 220 valence electrons. The van der Waals surface area contributed by atoms with E-state index in [9.17, 15) is 1.37 Å². The van der Waals surface area contributed by atoms with Crippen molar-refractivity contribution in [3.63, 3.8) is 0 Å². The average Bonchev–Trinajstić information content (AvgIpc) is 3.59. The number of aromatic nitrogens is 3. The van der Waals surface area contributed by atoms with Gasteiger partial charge >= 0.3 is 0 Å². The Hall–Kier alpha value is -6.39. The van der Waals surface area contributed by atoms with Crippen molar-refractivity contribution in [2.24, 2.45) is 0 Å². The van der Waals surface area contributed by atoms with E-state index >= 15 is 0 Å². The lowest BCUT2D eigenvalue weighted by atomic mass is 9.99. The molecule has 2 aromatic heterocycles. The van der Waals surface area contributed by atoms with Gasteiger partial charge in [-0.05, 0) is 51.2 Å². The Morgan fingerprint density at radius 1 is 0.426 bits per heavy atom. The van der Waals surface area contributed by atoms with Gasteiger partial charge in [0.25, 0.3) is 0 Å². The number of furan rings is 1. The second-order valence-electron chi connectivity index (χ2n) is 11.0. The zero-order valence-electron chi connectivity index (χ0n) is 32.7. The molecular weight excluding hydrogens is 574 g/mol. The summed E-state index contributed by atoms with van der Waals surface area (Å²) in [6, 6.07) is 33.5. The van der Waals surface area contributed by atoms with Gasteiger partial charge in [-0.1, -0.05) is 145 Å². The lowest BCUT2D eigenvalue weighted by molar-refractivity contribution is 0.669. The summed E-state index contributed by atoms with van der Waals surface area (Å²) in [5.41, 5.74) is 6.31. The van der Waals surface area contributed by atoms with Crippen molar-refractivity contribution in [3.05, 3.63) is 164 Å². The van der Waals surface area contributed by atoms with E-state index in [1.54, 1.807) is 24.3 Å². The molecule has 0 saturated heterocycles. The first kappa shape index (κ1) is 19.9. The summed E-state index contributed by atoms with van der Waals surface area (Å²) in [7, 11) is 0. The van der Waals surface area contributed by atoms with Crippen molar-refractivity contribution in [2.45, 2.75) is 0 Å². The minimum absolute atomic E-state index is 0.107. The summed E-state index contributed by atoms with van der Waals surface area (Å²) >= 11 is 0. The number of hydrogen-bond acceptors (Lipinski definition) is 4. The van der Waals surface area contributed by atoms with E-state index in [0.29, 0.717) is 39.1 Å². The molecule has 9 aromatic rings. The monoisotopic (exact) mass is 609 g/mol. The fourth-order valence-electron chi connectivity index (χ4n) is 5.83. The van der Waals surface area contributed by atoms with Crippen LogP contribution < -0.4 is 0 Å². The highest BCUT2D eigenvalue weighted by molar-refractivity contribution is 6.11. The molecule has 0 aliphatic rings. The van der Waals surface area contributed by atoms with E-state index in [1.165, 1.54) is 0 Å². The standard InChI is InChI=1S/C43H27N3O/c1-2-9-28(10-3-1)30-17-19-31(20-18-30)32-21-24-33(25-22-32)41-44-42(35-26-23-29-11-4-5-12-34(29)27-35)46-43(45-41)37-14-8-16-39-40(37)36-13-6-7-15-38(36)47-39/h1-27H/i4D,5D,6D,11D,12D,23D,26D,27D. The maximum absolute atomic E-state index is 9.21. The molecule has 2 heterocycles. The molecule has 0 amide bonds. The SMILES string of the molecule is [2H]c1ccc2oc3cccc(-c4nc(-c5ccc(-c6ccc(-c7ccccc7)cc6)cc5)nc(-c5c([2H])c([2H])c6c([2H])c([2H])c([2H])c([2H])c6c5[2H])n4)c3c2c1. The molecule has 0 unspecified atom stereocenters. The molecule has 0 spiro atoms. The lowest BCUT2D eigenvalue weighted by Gasteiger charge is -2.10. The minimum atomic E-state index is -0.548. The van der Waals surface area contributed by atoms with Crippen molar-refractivity contribution in [3.8, 4) is 56.4 Å². The predicted octanol–water partition coefficient (Wildman–Crippen LogP) is 11.3. The Morgan fingerprint density at radius 3 is 1.79 bits per heavy atom. The van der Waals surface area contributed by atoms with Crippen molar-refractivity contribution < 1.29 is 15.4 Å². The Morgan fingerprint density at radius 2 is 1.04 bits per heavy atom. The largest absolute Gasteiger partial charge is 0.456 e. The van der Waals surface area contributed by atoms with Gasteiger partial charge in [0.15, 0.2) is 17.5 Å². The van der Waals surface area contributed by atoms with Crippen LogP contribution in [0.5, 0.6) is 0 Å². The fraction of sp³-hybridized carbons (Fsp3) is 0. The summed E-state index contributed by atoms with van der Waals surface area (Å²) in [6.45, 7) is 0. The van der Waals surface area contributed by atoms with E-state index in [0.717, 1.165) is 22.3 Å². The van der Waals surface area contributed by atoms with Gasteiger partial charge in [0.2, 0.25) is 0 Å². The van der Waals surface area contributed by atoms with Gasteiger partial charge in [0.1, 0.15) is 11.2 Å². The van der Waals surface area contributed by atoms with Crippen molar-refractivity contribution in [1.82, 2.24) is 15.0 Å². The van der Waals surface area contributed by atoms with Crippen LogP contribution in [0.1, 0.15) is 11.0 Å². The molecule has 0 aliphatic carbocycles. The highest BCUT2D eigenvalue weighted by atomic mass is 16.3. The third-order valence-electron chi connectivity index (χ3n) is 8.16. The third-order valence-corrected chi connectivity index (χ3v) is 8.16. The first-order valence-electron chi connectivity index (χ1n) is 19.0. The molecule has 9 rings (SSSR count). The molecule has 0 atom stereocenters. The predicted molar refractivity (Wildman–Crippen MR) is 192 cm³/mol. The van der Waals surface area contributed by atoms with E-state index in [2.05, 4.69) is 36.4 Å². The normalized spacial score (nSPS) is 13.8. The van der Waals surface area contributed by atoms with Gasteiger partial charge in [0.05, 0.1) is 11.0 Å². The second kappa shape index (κ2) is 11.2. The zero-order valence-corrected chi connectivity index (χ0v) is 24.7. The van der Waals surface area contributed by atoms with Crippen LogP contribution in [-0.2, 0) is 0 Å². The number of benzene rings is 7. The van der Waals surface area contributed by atoms with Crippen molar-refractivity contribution in [2.75, 3.05) is 0 Å². The Labute approximate surface area is 282 Å². The van der Waals surface area contributed by atoms with Gasteiger partial charge < -0.3 is 4.42 Å². The van der Waals surface area contributed by atoms with Crippen LogP contribution >= 0.6 is 0 Å². The van der Waals surface area contributed by atoms with Gasteiger partial charge in [-0.3, -0.25) is 0 Å². The maximum atomic E-state index is 9.21. The van der Waals surface area contributed by atoms with E-state index in [1.807, 2.05) is 54.6 Å². The average molecular weight is 610 g/mol. The third kappa shape index (κ3) is 4.93. The summed E-state index contributed by atoms with van der Waals surface area (Å²) in [5.74, 6) is 0.298. The van der Waals surface area contributed by atoms with Gasteiger partial charge in [-0.15, -0.1) is 0 Å². The van der Waals surface area contributed by atoms with Gasteiger partial charge in [0, 0.05) is 27.5 Å². The topological polar surface area (TPSA) is 51.8 Å². The molecule has 7 aromatic carbocycles. The summed E-state index contributed by atoms with van der Waals surface area (Å²) in [6.07, 6.45) is 0. The van der Waals surface area contributed by atoms with Crippen LogP contribution in [0.3, 0.4) is 0 Å². The van der Waals surface area contributed by atoms with Gasteiger partial charge in [-0.2, -0.15) is 0 Å². The molecule has 0 fully saturated rings. The Bertz CT molecular complexity index is 3000. The highest BCUT2D eigenvalue weighted by Crippen LogP contribution is 2.37. The molecule has 0 radical (unpaired) electrons. The summed E-state index contributed by atoms with van der Waals surface area (Å²) in [4.78, 5) is 14.5. The number of hydrogen-bond donors (Lipinski definition) is 0. The van der Waals surface area contributed by atoms with Crippen LogP contribution in [0.2, 0.25) is 0 Å².